The van der Waals surface area contributed by atoms with E-state index in [-0.39, 0.29) is 0 Å². The number of aliphatic hydroxyl groups is 1. The summed E-state index contributed by atoms with van der Waals surface area (Å²) in [6, 6.07) is 0.763. The predicted octanol–water partition coefficient (Wildman–Crippen LogP) is 1.59. The van der Waals surface area contributed by atoms with Crippen molar-refractivity contribution in [3.63, 3.8) is 0 Å². The molecule has 1 N–H and O–H groups in total. The first-order valence-electron chi connectivity index (χ1n) is 5.22. The molecule has 1 rings (SSSR count). The Morgan fingerprint density at radius 1 is 1.54 bits per heavy atom. The lowest BCUT2D eigenvalue weighted by atomic mass is 10.1. The average molecular weight is 203 g/mol. The van der Waals surface area contributed by atoms with Crippen LogP contribution in [0.25, 0.3) is 0 Å². The Morgan fingerprint density at radius 3 is 3.08 bits per heavy atom. The van der Waals surface area contributed by atoms with Gasteiger partial charge in [0.2, 0.25) is 0 Å². The van der Waals surface area contributed by atoms with Gasteiger partial charge in [-0.05, 0) is 38.5 Å². The maximum Gasteiger partial charge on any atom is 0.0431 e. The second-order valence-corrected chi connectivity index (χ2v) is 4.68. The zero-order chi connectivity index (χ0) is 9.52. The topological polar surface area (TPSA) is 23.5 Å². The molecule has 1 aliphatic heterocycles. The molecule has 13 heavy (non-hydrogen) atoms. The first-order chi connectivity index (χ1) is 6.38. The molecule has 0 aromatic rings. The molecule has 2 nitrogen and oxygen atoms in total. The van der Waals surface area contributed by atoms with E-state index in [9.17, 15) is 0 Å². The molecule has 0 saturated carbocycles. The van der Waals surface area contributed by atoms with Gasteiger partial charge in [0.05, 0.1) is 0 Å². The zero-order valence-corrected chi connectivity index (χ0v) is 9.35. The molecule has 1 saturated heterocycles. The van der Waals surface area contributed by atoms with Crippen molar-refractivity contribution in [2.45, 2.75) is 31.7 Å². The van der Waals surface area contributed by atoms with Crippen LogP contribution in [-0.4, -0.2) is 47.8 Å². The highest BCUT2D eigenvalue weighted by atomic mass is 32.2. The summed E-state index contributed by atoms with van der Waals surface area (Å²) in [5.74, 6) is 1.25. The van der Waals surface area contributed by atoms with Crippen LogP contribution in [0.2, 0.25) is 0 Å². The van der Waals surface area contributed by atoms with E-state index in [4.69, 9.17) is 5.11 Å². The second-order valence-electron chi connectivity index (χ2n) is 3.69. The molecule has 0 bridgehead atoms. The number of aliphatic hydroxyl groups excluding tert-OH is 1. The van der Waals surface area contributed by atoms with Crippen molar-refractivity contribution in [3.8, 4) is 0 Å². The Labute approximate surface area is 85.7 Å². The number of likely N-dealkylation sites (tertiary alicyclic amines) is 1. The van der Waals surface area contributed by atoms with Crippen molar-refractivity contribution < 1.29 is 5.11 Å². The molecular weight excluding hydrogens is 182 g/mol. The first kappa shape index (κ1) is 11.3. The molecule has 0 amide bonds. The van der Waals surface area contributed by atoms with E-state index in [0.29, 0.717) is 6.61 Å². The normalized spacial score (nSPS) is 24.0. The fraction of sp³-hybridized carbons (Fsp3) is 1.00. The largest absolute Gasteiger partial charge is 0.396 e. The highest BCUT2D eigenvalue weighted by molar-refractivity contribution is 7.98. The summed E-state index contributed by atoms with van der Waals surface area (Å²) in [6.45, 7) is 2.86. The minimum atomic E-state index is 0.354. The van der Waals surface area contributed by atoms with Crippen molar-refractivity contribution in [3.05, 3.63) is 0 Å². The van der Waals surface area contributed by atoms with Crippen molar-refractivity contribution in [2.75, 3.05) is 31.7 Å². The number of rotatable bonds is 6. The van der Waals surface area contributed by atoms with Gasteiger partial charge in [0, 0.05) is 24.9 Å². The van der Waals surface area contributed by atoms with Crippen LogP contribution < -0.4 is 0 Å². The van der Waals surface area contributed by atoms with Crippen LogP contribution in [0.4, 0.5) is 0 Å². The van der Waals surface area contributed by atoms with Gasteiger partial charge in [0.1, 0.15) is 0 Å². The van der Waals surface area contributed by atoms with Crippen molar-refractivity contribution in [1.29, 1.82) is 0 Å². The minimum Gasteiger partial charge on any atom is -0.396 e. The van der Waals surface area contributed by atoms with E-state index in [1.807, 2.05) is 11.8 Å². The third-order valence-electron chi connectivity index (χ3n) is 2.78. The van der Waals surface area contributed by atoms with Gasteiger partial charge in [-0.3, -0.25) is 4.90 Å². The monoisotopic (exact) mass is 203 g/mol. The number of hydrogen-bond acceptors (Lipinski definition) is 3. The van der Waals surface area contributed by atoms with Gasteiger partial charge in [-0.25, -0.2) is 0 Å². The molecule has 0 aromatic heterocycles. The molecule has 1 aliphatic rings. The Hall–Kier alpha value is 0.270. The van der Waals surface area contributed by atoms with E-state index in [2.05, 4.69) is 11.2 Å². The van der Waals surface area contributed by atoms with E-state index in [0.717, 1.165) is 12.5 Å². The fourth-order valence-corrected chi connectivity index (χ4v) is 2.47. The van der Waals surface area contributed by atoms with E-state index in [1.165, 1.54) is 38.1 Å². The minimum absolute atomic E-state index is 0.354. The van der Waals surface area contributed by atoms with E-state index in [1.54, 1.807) is 0 Å². The molecule has 1 atom stereocenters. The van der Waals surface area contributed by atoms with Crippen molar-refractivity contribution >= 4 is 11.8 Å². The van der Waals surface area contributed by atoms with Crippen LogP contribution in [0, 0.1) is 0 Å². The summed E-state index contributed by atoms with van der Waals surface area (Å²) in [5.41, 5.74) is 0. The SMILES string of the molecule is CSCCN1CCCC1CCCO. The molecule has 78 valence electrons. The zero-order valence-electron chi connectivity index (χ0n) is 8.54. The van der Waals surface area contributed by atoms with Gasteiger partial charge in [-0.2, -0.15) is 11.8 Å². The van der Waals surface area contributed by atoms with Crippen LogP contribution in [0.3, 0.4) is 0 Å². The van der Waals surface area contributed by atoms with E-state index < -0.39 is 0 Å². The molecule has 0 spiro atoms. The van der Waals surface area contributed by atoms with Gasteiger partial charge >= 0.3 is 0 Å². The molecule has 3 heteroatoms. The van der Waals surface area contributed by atoms with Crippen LogP contribution in [0.5, 0.6) is 0 Å². The lowest BCUT2D eigenvalue weighted by Gasteiger charge is -2.23. The van der Waals surface area contributed by atoms with Crippen LogP contribution >= 0.6 is 11.8 Å². The second kappa shape index (κ2) is 6.68. The summed E-state index contributed by atoms with van der Waals surface area (Å²) in [4.78, 5) is 2.59. The third-order valence-corrected chi connectivity index (χ3v) is 3.37. The van der Waals surface area contributed by atoms with Gasteiger partial charge in [-0.15, -0.1) is 0 Å². The first-order valence-corrected chi connectivity index (χ1v) is 6.61. The fourth-order valence-electron chi connectivity index (χ4n) is 2.05. The highest BCUT2D eigenvalue weighted by Crippen LogP contribution is 2.21. The van der Waals surface area contributed by atoms with Gasteiger partial charge in [-0.1, -0.05) is 0 Å². The Kier molecular flexibility index (Phi) is 5.83. The average Bonchev–Trinajstić information content (AvgIpc) is 2.59. The molecule has 1 heterocycles. The molecule has 0 aliphatic carbocycles. The lowest BCUT2D eigenvalue weighted by Crippen LogP contribution is -2.31. The number of thioether (sulfide) groups is 1. The lowest BCUT2D eigenvalue weighted by molar-refractivity contribution is 0.225. The van der Waals surface area contributed by atoms with Crippen molar-refractivity contribution in [2.24, 2.45) is 0 Å². The maximum absolute atomic E-state index is 8.77. The van der Waals surface area contributed by atoms with Gasteiger partial charge in [0.25, 0.3) is 0 Å². The summed E-state index contributed by atoms with van der Waals surface area (Å²) < 4.78 is 0. The summed E-state index contributed by atoms with van der Waals surface area (Å²) in [7, 11) is 0. The van der Waals surface area contributed by atoms with Crippen LogP contribution in [0.15, 0.2) is 0 Å². The summed E-state index contributed by atoms with van der Waals surface area (Å²) >= 11 is 1.92. The number of nitrogens with zero attached hydrogens (tertiary/aromatic N) is 1. The summed E-state index contributed by atoms with van der Waals surface area (Å²) in [6.07, 6.45) is 7.02. The molecule has 0 radical (unpaired) electrons. The smallest absolute Gasteiger partial charge is 0.0431 e. The maximum atomic E-state index is 8.77. The molecule has 0 aromatic carbocycles. The standard InChI is InChI=1S/C10H21NOS/c1-13-9-7-11-6-2-4-10(11)5-3-8-12/h10,12H,2-9H2,1H3. The van der Waals surface area contributed by atoms with E-state index >= 15 is 0 Å². The van der Waals surface area contributed by atoms with Crippen LogP contribution in [0.1, 0.15) is 25.7 Å². The number of hydrogen-bond donors (Lipinski definition) is 1. The highest BCUT2D eigenvalue weighted by Gasteiger charge is 2.22. The Morgan fingerprint density at radius 2 is 2.38 bits per heavy atom. The third kappa shape index (κ3) is 3.88. The molecular formula is C10H21NOS. The van der Waals surface area contributed by atoms with Gasteiger partial charge < -0.3 is 5.11 Å². The molecule has 1 fully saturated rings. The Bertz CT molecular complexity index is 118. The Balaban J connectivity index is 2.18. The van der Waals surface area contributed by atoms with Gasteiger partial charge in [0.15, 0.2) is 0 Å². The quantitative estimate of drug-likeness (QED) is 0.709. The summed E-state index contributed by atoms with van der Waals surface area (Å²) in [5, 5.41) is 8.77. The van der Waals surface area contributed by atoms with Crippen LogP contribution in [-0.2, 0) is 0 Å². The predicted molar refractivity (Wildman–Crippen MR) is 59.3 cm³/mol. The molecule has 1 unspecified atom stereocenters. The van der Waals surface area contributed by atoms with Crippen molar-refractivity contribution in [1.82, 2.24) is 4.90 Å².